The van der Waals surface area contributed by atoms with E-state index in [4.69, 9.17) is 15.2 Å². The number of nitrogens with one attached hydrogen (secondary N) is 2. The lowest BCUT2D eigenvalue weighted by atomic mass is 9.58. The van der Waals surface area contributed by atoms with Gasteiger partial charge in [0.2, 0.25) is 5.75 Å². The van der Waals surface area contributed by atoms with Gasteiger partial charge in [0.1, 0.15) is 5.78 Å². The van der Waals surface area contributed by atoms with Gasteiger partial charge in [0.15, 0.2) is 23.0 Å². The third-order valence-electron chi connectivity index (χ3n) is 9.81. The topological polar surface area (TPSA) is 191 Å². The van der Waals surface area contributed by atoms with Gasteiger partial charge in [-0.05, 0) is 97.7 Å². The van der Waals surface area contributed by atoms with Crippen LogP contribution in [0.1, 0.15) is 42.5 Å². The molecule has 0 spiro atoms. The van der Waals surface area contributed by atoms with E-state index in [0.717, 1.165) is 16.8 Å². The van der Waals surface area contributed by atoms with Crippen molar-refractivity contribution in [3.05, 3.63) is 89.0 Å². The number of ketones is 1. The van der Waals surface area contributed by atoms with Gasteiger partial charge in [-0.3, -0.25) is 4.79 Å². The number of Topliss-reactive ketones (excluding diaryl/α,β-unsaturated/α-hetero) is 1. The number of benzene rings is 2. The molecule has 11 heteroatoms. The number of aromatic amines is 1. The third-order valence-corrected chi connectivity index (χ3v) is 9.81. The summed E-state index contributed by atoms with van der Waals surface area (Å²) >= 11 is 0. The lowest BCUT2D eigenvalue weighted by Gasteiger charge is -2.46. The van der Waals surface area contributed by atoms with Crippen LogP contribution in [0.25, 0.3) is 0 Å². The largest absolute Gasteiger partial charge is 0.504 e. The number of aliphatic hydroxyl groups excluding tert-OH is 2. The summed E-state index contributed by atoms with van der Waals surface area (Å²) in [4.78, 5) is 17.9. The SMILES string of the molecule is COc1cc(CCC(O)C(C(=O)CCc2cc(O)c(O)c(OC)c2)C2(C3=CCNC(N)=C3)CCC(O)C2Cc2ccc[nH]2)ccc1O. The molecule has 5 rings (SSSR count). The fraction of sp³-hybridized carbons (Fsp3) is 0.417. The predicted octanol–water partition coefficient (Wildman–Crippen LogP) is 3.59. The van der Waals surface area contributed by atoms with Crippen LogP contribution < -0.4 is 20.5 Å². The van der Waals surface area contributed by atoms with Crippen LogP contribution in [-0.2, 0) is 24.1 Å². The zero-order valence-corrected chi connectivity index (χ0v) is 26.8. The Hall–Kier alpha value is -4.61. The maximum Gasteiger partial charge on any atom is 0.200 e. The number of carbonyl (C=O) groups excluding carboxylic acids is 1. The van der Waals surface area contributed by atoms with E-state index >= 15 is 0 Å². The van der Waals surface area contributed by atoms with Crippen molar-refractivity contribution in [2.45, 2.75) is 57.2 Å². The molecular weight excluding hydrogens is 602 g/mol. The van der Waals surface area contributed by atoms with Crippen LogP contribution in [0.5, 0.6) is 28.7 Å². The zero-order chi connectivity index (χ0) is 33.7. The first kappa shape index (κ1) is 33.7. The second-order valence-corrected chi connectivity index (χ2v) is 12.5. The van der Waals surface area contributed by atoms with Crippen LogP contribution in [0.2, 0.25) is 0 Å². The summed E-state index contributed by atoms with van der Waals surface area (Å²) < 4.78 is 10.5. The highest BCUT2D eigenvalue weighted by Crippen LogP contribution is 2.57. The van der Waals surface area contributed by atoms with Gasteiger partial charge in [-0.1, -0.05) is 12.1 Å². The number of methoxy groups -OCH3 is 2. The number of aliphatic hydroxyl groups is 2. The van der Waals surface area contributed by atoms with E-state index in [9.17, 15) is 30.3 Å². The van der Waals surface area contributed by atoms with Crippen molar-refractivity contribution < 1.29 is 39.8 Å². The minimum Gasteiger partial charge on any atom is -0.504 e. The van der Waals surface area contributed by atoms with Crippen LogP contribution in [-0.4, -0.2) is 69.3 Å². The fourth-order valence-electron chi connectivity index (χ4n) is 7.55. The van der Waals surface area contributed by atoms with Gasteiger partial charge < -0.3 is 51.0 Å². The van der Waals surface area contributed by atoms with Crippen LogP contribution in [0, 0.1) is 17.3 Å². The summed E-state index contributed by atoms with van der Waals surface area (Å²) in [5.41, 5.74) is 8.48. The van der Waals surface area contributed by atoms with Crippen molar-refractivity contribution in [2.24, 2.45) is 23.0 Å². The van der Waals surface area contributed by atoms with Gasteiger partial charge >= 0.3 is 0 Å². The molecule has 11 nitrogen and oxygen atoms in total. The summed E-state index contributed by atoms with van der Waals surface area (Å²) in [6.45, 7) is 0.446. The maximum atomic E-state index is 14.7. The number of phenolic OH excluding ortho intramolecular Hbond substituents is 3. The Morgan fingerprint density at radius 2 is 1.81 bits per heavy atom. The molecular formula is C36H45N3O8. The number of aromatic hydroxyl groups is 3. The molecule has 0 radical (unpaired) electrons. The predicted molar refractivity (Wildman–Crippen MR) is 176 cm³/mol. The number of hydrogen-bond acceptors (Lipinski definition) is 10. The number of dihydropyridines is 1. The van der Waals surface area contributed by atoms with Gasteiger partial charge in [0, 0.05) is 36.2 Å². The van der Waals surface area contributed by atoms with E-state index in [0.29, 0.717) is 49.4 Å². The highest BCUT2D eigenvalue weighted by atomic mass is 16.5. The molecule has 5 atom stereocenters. The average molecular weight is 648 g/mol. The van der Waals surface area contributed by atoms with E-state index in [1.165, 1.54) is 20.3 Å². The molecule has 1 aromatic heterocycles. The number of carbonyl (C=O) groups is 1. The van der Waals surface area contributed by atoms with Crippen molar-refractivity contribution in [3.63, 3.8) is 0 Å². The summed E-state index contributed by atoms with van der Waals surface area (Å²) in [6, 6.07) is 11.8. The van der Waals surface area contributed by atoms with E-state index in [1.807, 2.05) is 30.5 Å². The fourth-order valence-corrected chi connectivity index (χ4v) is 7.55. The monoisotopic (exact) mass is 647 g/mol. The number of ether oxygens (including phenoxy) is 2. The van der Waals surface area contributed by atoms with Gasteiger partial charge in [-0.15, -0.1) is 0 Å². The Labute approximate surface area is 274 Å². The molecule has 252 valence electrons. The van der Waals surface area contributed by atoms with E-state index in [1.54, 1.807) is 24.3 Å². The number of aromatic nitrogens is 1. The van der Waals surface area contributed by atoms with Crippen molar-refractivity contribution >= 4 is 5.78 Å². The van der Waals surface area contributed by atoms with Gasteiger partial charge in [0.05, 0.1) is 38.2 Å². The number of phenols is 3. The van der Waals surface area contributed by atoms with Crippen LogP contribution >= 0.6 is 0 Å². The van der Waals surface area contributed by atoms with Crippen molar-refractivity contribution in [1.29, 1.82) is 0 Å². The molecule has 47 heavy (non-hydrogen) atoms. The molecule has 0 amide bonds. The van der Waals surface area contributed by atoms with E-state index < -0.39 is 29.5 Å². The quantitative estimate of drug-likeness (QED) is 0.120. The Bertz CT molecular complexity index is 1620. The second-order valence-electron chi connectivity index (χ2n) is 12.5. The minimum atomic E-state index is -1.10. The van der Waals surface area contributed by atoms with Crippen LogP contribution in [0.3, 0.4) is 0 Å². The molecule has 1 fully saturated rings. The molecule has 2 aromatic carbocycles. The Balaban J connectivity index is 1.55. The molecule has 1 aliphatic heterocycles. The number of rotatable bonds is 14. The number of H-pyrrole nitrogens is 1. The summed E-state index contributed by atoms with van der Waals surface area (Å²) in [6.07, 6.45) is 6.06. The number of allylic oxidation sites excluding steroid dienone is 2. The normalized spacial score (nSPS) is 22.1. The van der Waals surface area contributed by atoms with Gasteiger partial charge in [-0.25, -0.2) is 0 Å². The van der Waals surface area contributed by atoms with E-state index in [2.05, 4.69) is 10.3 Å². The molecule has 1 saturated carbocycles. The standard InChI is InChI=1S/C36H45N3O8/c1-46-31-17-21(5-8-27(31)41)6-9-28(42)34(29(43)10-7-22-16-30(44)35(45)32(18-22)47-2)36(23-12-15-39-33(37)19-23)13-11-26(40)25(36)20-24-4-3-14-38-24/h3-5,8,12,14,16-19,25-26,28,34,38-42,44-45H,6-7,9-11,13,15,20,37H2,1-2H3. The molecule has 5 unspecified atom stereocenters. The lowest BCUT2D eigenvalue weighted by molar-refractivity contribution is -0.134. The first-order valence-corrected chi connectivity index (χ1v) is 15.9. The summed E-state index contributed by atoms with van der Waals surface area (Å²) in [5.74, 6) is -1.38. The average Bonchev–Trinajstić information content (AvgIpc) is 3.70. The second kappa shape index (κ2) is 14.4. The first-order chi connectivity index (χ1) is 22.6. The Morgan fingerprint density at radius 3 is 2.51 bits per heavy atom. The maximum absolute atomic E-state index is 14.7. The highest BCUT2D eigenvalue weighted by molar-refractivity contribution is 5.84. The van der Waals surface area contributed by atoms with E-state index in [-0.39, 0.29) is 48.0 Å². The summed E-state index contributed by atoms with van der Waals surface area (Å²) in [5, 5.41) is 57.3. The Kier molecular flexibility index (Phi) is 10.4. The van der Waals surface area contributed by atoms with Crippen LogP contribution in [0.15, 0.2) is 72.2 Å². The van der Waals surface area contributed by atoms with Gasteiger partial charge in [0.25, 0.3) is 0 Å². The first-order valence-electron chi connectivity index (χ1n) is 15.9. The number of aryl methyl sites for hydroxylation is 2. The van der Waals surface area contributed by atoms with Crippen molar-refractivity contribution in [2.75, 3.05) is 20.8 Å². The molecule has 2 aliphatic rings. The molecule has 2 heterocycles. The van der Waals surface area contributed by atoms with Crippen molar-refractivity contribution in [3.8, 4) is 28.7 Å². The minimum absolute atomic E-state index is 0.00928. The molecule has 0 bridgehead atoms. The lowest BCUT2D eigenvalue weighted by Crippen LogP contribution is -2.50. The molecule has 3 aromatic rings. The Morgan fingerprint density at radius 1 is 1.04 bits per heavy atom. The van der Waals surface area contributed by atoms with Crippen LogP contribution in [0.4, 0.5) is 0 Å². The van der Waals surface area contributed by atoms with Gasteiger partial charge in [-0.2, -0.15) is 0 Å². The molecule has 9 N–H and O–H groups in total. The smallest absolute Gasteiger partial charge is 0.200 e. The number of hydrogen-bond donors (Lipinski definition) is 8. The zero-order valence-electron chi connectivity index (χ0n) is 26.8. The third kappa shape index (κ3) is 7.06. The molecule has 1 aliphatic carbocycles. The number of nitrogens with two attached hydrogens (primary N) is 1. The molecule has 0 saturated heterocycles. The highest BCUT2D eigenvalue weighted by Gasteiger charge is 2.58. The summed E-state index contributed by atoms with van der Waals surface area (Å²) in [7, 11) is 2.85. The van der Waals surface area contributed by atoms with Crippen molar-refractivity contribution in [1.82, 2.24) is 10.3 Å².